The highest BCUT2D eigenvalue weighted by Gasteiger charge is 2.16. The number of aryl methyl sites for hydroxylation is 1. The van der Waals surface area contributed by atoms with Crippen LogP contribution in [0, 0.1) is 6.92 Å². The number of anilines is 2. The molecule has 144 valence electrons. The van der Waals surface area contributed by atoms with E-state index in [4.69, 9.17) is 4.74 Å². The molecule has 1 aliphatic rings. The lowest BCUT2D eigenvalue weighted by Gasteiger charge is -2.14. The van der Waals surface area contributed by atoms with Gasteiger partial charge in [-0.25, -0.2) is 4.98 Å². The average Bonchev–Trinajstić information content (AvgIpc) is 3.48. The van der Waals surface area contributed by atoms with E-state index in [0.29, 0.717) is 13.2 Å². The van der Waals surface area contributed by atoms with Gasteiger partial charge in [-0.15, -0.1) is 0 Å². The van der Waals surface area contributed by atoms with Crippen molar-refractivity contribution in [1.29, 1.82) is 0 Å². The van der Waals surface area contributed by atoms with Gasteiger partial charge in [0.2, 0.25) is 0 Å². The third kappa shape index (κ3) is 2.60. The molecule has 0 fully saturated rings. The number of benzene rings is 1. The van der Waals surface area contributed by atoms with Crippen LogP contribution in [-0.4, -0.2) is 36.0 Å². The van der Waals surface area contributed by atoms with Crippen LogP contribution in [0.4, 0.5) is 11.5 Å². The molecule has 0 atom stereocenters. The fraction of sp³-hybridized carbons (Fsp3) is 0.190. The first-order valence-electron chi connectivity index (χ1n) is 9.58. The van der Waals surface area contributed by atoms with Gasteiger partial charge in [-0.3, -0.25) is 9.78 Å². The normalized spacial score (nSPS) is 13.8. The third-order valence-corrected chi connectivity index (χ3v) is 5.50. The van der Waals surface area contributed by atoms with Crippen molar-refractivity contribution in [3.63, 3.8) is 0 Å². The number of H-pyrrole nitrogens is 1. The molecule has 1 aliphatic heterocycles. The molecule has 0 saturated carbocycles. The average molecular weight is 385 g/mol. The van der Waals surface area contributed by atoms with Crippen LogP contribution >= 0.6 is 0 Å². The smallest absolute Gasteiger partial charge is 0.160 e. The van der Waals surface area contributed by atoms with Crippen LogP contribution in [0.2, 0.25) is 0 Å². The van der Waals surface area contributed by atoms with Gasteiger partial charge in [-0.2, -0.15) is 10.2 Å². The van der Waals surface area contributed by atoms with Gasteiger partial charge in [-0.1, -0.05) is 12.1 Å². The van der Waals surface area contributed by atoms with Crippen LogP contribution < -0.4 is 5.32 Å². The highest BCUT2D eigenvalue weighted by molar-refractivity contribution is 5.87. The van der Waals surface area contributed by atoms with Gasteiger partial charge in [0.05, 0.1) is 42.9 Å². The van der Waals surface area contributed by atoms with Crippen molar-refractivity contribution < 1.29 is 4.74 Å². The predicted octanol–water partition coefficient (Wildman–Crippen LogP) is 3.66. The zero-order valence-corrected chi connectivity index (χ0v) is 15.9. The minimum atomic E-state index is 0.594. The largest absolute Gasteiger partial charge is 0.373 e. The third-order valence-electron chi connectivity index (χ3n) is 5.50. The maximum Gasteiger partial charge on any atom is 0.160 e. The summed E-state index contributed by atoms with van der Waals surface area (Å²) in [6.07, 6.45) is 5.64. The summed E-state index contributed by atoms with van der Waals surface area (Å²) in [4.78, 5) is 4.56. The Morgan fingerprint density at radius 3 is 3.10 bits per heavy atom. The Balaban J connectivity index is 1.48. The van der Waals surface area contributed by atoms with E-state index in [1.807, 2.05) is 29.3 Å². The second-order valence-electron chi connectivity index (χ2n) is 7.27. The number of pyridine rings is 1. The van der Waals surface area contributed by atoms with E-state index in [9.17, 15) is 0 Å². The predicted molar refractivity (Wildman–Crippen MR) is 110 cm³/mol. The summed E-state index contributed by atoms with van der Waals surface area (Å²) in [6, 6.07) is 10.5. The first-order valence-corrected chi connectivity index (χ1v) is 9.58. The standard InChI is InChI=1S/C21H19N7O/c1-13-17(14-2-3-15-11-23-25-18(15)8-14)10-19(21-22-4-5-27(13)21)24-20-9-16-12-29-7-6-28(16)26-20/h2-5,8-11H,6-7,12H2,1H3,(H,23,25)(H,24,26). The van der Waals surface area contributed by atoms with Crippen LogP contribution in [0.5, 0.6) is 0 Å². The molecular formula is C21H19N7O. The zero-order valence-electron chi connectivity index (χ0n) is 15.9. The molecule has 0 unspecified atom stereocenters. The van der Waals surface area contributed by atoms with Crippen LogP contribution in [0.25, 0.3) is 27.7 Å². The van der Waals surface area contributed by atoms with Gasteiger partial charge in [0.15, 0.2) is 11.5 Å². The fourth-order valence-corrected chi connectivity index (χ4v) is 4.00. The lowest BCUT2D eigenvalue weighted by Crippen LogP contribution is -2.16. The van der Waals surface area contributed by atoms with Gasteiger partial charge < -0.3 is 14.5 Å². The quantitative estimate of drug-likeness (QED) is 0.495. The Kier molecular flexibility index (Phi) is 3.48. The van der Waals surface area contributed by atoms with E-state index in [1.165, 1.54) is 0 Å². The first kappa shape index (κ1) is 16.3. The number of nitrogens with one attached hydrogen (secondary N) is 2. The summed E-state index contributed by atoms with van der Waals surface area (Å²) < 4.78 is 9.63. The monoisotopic (exact) mass is 385 g/mol. The van der Waals surface area contributed by atoms with E-state index >= 15 is 0 Å². The summed E-state index contributed by atoms with van der Waals surface area (Å²) in [5, 5.41) is 16.4. The number of aromatic amines is 1. The van der Waals surface area contributed by atoms with Gasteiger partial charge >= 0.3 is 0 Å². The van der Waals surface area contributed by atoms with Crippen molar-refractivity contribution in [3.05, 3.63) is 60.3 Å². The second-order valence-corrected chi connectivity index (χ2v) is 7.27. The molecule has 29 heavy (non-hydrogen) atoms. The number of imidazole rings is 1. The second kappa shape index (κ2) is 6.18. The summed E-state index contributed by atoms with van der Waals surface area (Å²) in [5.74, 6) is 0.800. The van der Waals surface area contributed by atoms with Crippen LogP contribution in [0.3, 0.4) is 0 Å². The lowest BCUT2D eigenvalue weighted by atomic mass is 10.0. The molecule has 4 aromatic heterocycles. The molecule has 6 rings (SSSR count). The molecule has 5 aromatic rings. The van der Waals surface area contributed by atoms with E-state index in [0.717, 1.165) is 57.1 Å². The molecule has 0 radical (unpaired) electrons. The van der Waals surface area contributed by atoms with Gasteiger partial charge in [-0.05, 0) is 24.6 Å². The van der Waals surface area contributed by atoms with Crippen LogP contribution in [0.15, 0.2) is 48.9 Å². The van der Waals surface area contributed by atoms with Crippen molar-refractivity contribution in [3.8, 4) is 11.1 Å². The summed E-state index contributed by atoms with van der Waals surface area (Å²) in [6.45, 7) is 4.18. The van der Waals surface area contributed by atoms with E-state index in [1.54, 1.807) is 0 Å². The highest BCUT2D eigenvalue weighted by atomic mass is 16.5. The number of ether oxygens (including phenoxy) is 1. The first-order chi connectivity index (χ1) is 14.3. The SMILES string of the molecule is Cc1c(-c2ccc3cn[nH]c3c2)cc(Nc2cc3n(n2)CCOC3)c2nccn12. The molecule has 1 aromatic carbocycles. The summed E-state index contributed by atoms with van der Waals surface area (Å²) in [5.41, 5.74) is 7.25. The number of hydrogen-bond acceptors (Lipinski definition) is 5. The molecule has 0 saturated heterocycles. The molecule has 0 amide bonds. The van der Waals surface area contributed by atoms with Crippen molar-refractivity contribution in [2.24, 2.45) is 0 Å². The van der Waals surface area contributed by atoms with Gasteiger partial charge in [0.25, 0.3) is 0 Å². The Hall–Kier alpha value is -3.65. The Morgan fingerprint density at radius 1 is 1.21 bits per heavy atom. The van der Waals surface area contributed by atoms with Gasteiger partial charge in [0, 0.05) is 35.1 Å². The van der Waals surface area contributed by atoms with Crippen molar-refractivity contribution >= 4 is 28.1 Å². The number of fused-ring (bicyclic) bond motifs is 3. The van der Waals surface area contributed by atoms with Crippen molar-refractivity contribution in [2.45, 2.75) is 20.1 Å². The number of nitrogens with zero attached hydrogens (tertiary/aromatic N) is 5. The maximum atomic E-state index is 5.53. The Labute approximate surface area is 166 Å². The van der Waals surface area contributed by atoms with E-state index < -0.39 is 0 Å². The number of rotatable bonds is 3. The summed E-state index contributed by atoms with van der Waals surface area (Å²) >= 11 is 0. The molecule has 0 bridgehead atoms. The maximum absolute atomic E-state index is 5.53. The molecule has 5 heterocycles. The Morgan fingerprint density at radius 2 is 2.17 bits per heavy atom. The van der Waals surface area contributed by atoms with Crippen molar-refractivity contribution in [2.75, 3.05) is 11.9 Å². The van der Waals surface area contributed by atoms with Crippen LogP contribution in [0.1, 0.15) is 11.4 Å². The molecule has 8 nitrogen and oxygen atoms in total. The van der Waals surface area contributed by atoms with Gasteiger partial charge in [0.1, 0.15) is 0 Å². The number of hydrogen-bond donors (Lipinski definition) is 2. The molecule has 0 aliphatic carbocycles. The van der Waals surface area contributed by atoms with E-state index in [-0.39, 0.29) is 0 Å². The molecule has 8 heteroatoms. The fourth-order valence-electron chi connectivity index (χ4n) is 4.00. The number of aromatic nitrogens is 6. The Bertz CT molecular complexity index is 1340. The van der Waals surface area contributed by atoms with E-state index in [2.05, 4.69) is 61.2 Å². The zero-order chi connectivity index (χ0) is 19.4. The minimum absolute atomic E-state index is 0.594. The van der Waals surface area contributed by atoms with Crippen LogP contribution in [-0.2, 0) is 17.9 Å². The summed E-state index contributed by atoms with van der Waals surface area (Å²) in [7, 11) is 0. The lowest BCUT2D eigenvalue weighted by molar-refractivity contribution is 0.0801. The molecular weight excluding hydrogens is 366 g/mol. The molecule has 2 N–H and O–H groups in total. The highest BCUT2D eigenvalue weighted by Crippen LogP contribution is 2.32. The molecule has 0 spiro atoms. The van der Waals surface area contributed by atoms with Crippen molar-refractivity contribution in [1.82, 2.24) is 29.4 Å². The minimum Gasteiger partial charge on any atom is -0.373 e. The topological polar surface area (TPSA) is 85.1 Å².